The first-order chi connectivity index (χ1) is 11.4. The average Bonchev–Trinajstić information content (AvgIpc) is 2.90. The van der Waals surface area contributed by atoms with E-state index < -0.39 is 34.9 Å². The summed E-state index contributed by atoms with van der Waals surface area (Å²) in [6.07, 6.45) is -6.50. The molecule has 3 aromatic rings. The van der Waals surface area contributed by atoms with E-state index in [9.17, 15) is 35.5 Å². The molecule has 0 saturated carbocycles. The highest BCUT2D eigenvalue weighted by atomic mass is 35.5. The molecule has 0 amide bonds. The molecule has 1 aromatic carbocycles. The summed E-state index contributed by atoms with van der Waals surface area (Å²) in [4.78, 5) is 15.9. The Bertz CT molecular complexity index is 1040. The van der Waals surface area contributed by atoms with Gasteiger partial charge in [0, 0.05) is 11.1 Å². The van der Waals surface area contributed by atoms with E-state index in [4.69, 9.17) is 11.6 Å². The van der Waals surface area contributed by atoms with Crippen LogP contribution in [0.15, 0.2) is 29.1 Å². The topological polar surface area (TPSA) is 50.2 Å². The molecule has 0 atom stereocenters. The molecule has 4 nitrogen and oxygen atoms in total. The molecular weight excluding hydrogens is 383 g/mol. The second-order valence-electron chi connectivity index (χ2n) is 5.09. The van der Waals surface area contributed by atoms with Gasteiger partial charge in [0.2, 0.25) is 0 Å². The van der Waals surface area contributed by atoms with Crippen LogP contribution in [-0.2, 0) is 5.92 Å². The first kappa shape index (κ1) is 17.5. The standard InChI is InChI=1S/C13H5ClF7N3O/c14-5-1-2-6-7(3-5)22-9-4-8(23-24(9)10(6)25)11(15,16)12(17,18)13(19,20)21/h1-4,23H. The summed E-state index contributed by atoms with van der Waals surface area (Å²) in [6, 6.07) is 3.98. The van der Waals surface area contributed by atoms with E-state index in [0.29, 0.717) is 4.52 Å². The number of H-pyrrole nitrogens is 1. The molecule has 0 spiro atoms. The summed E-state index contributed by atoms with van der Waals surface area (Å²) in [7, 11) is 0. The van der Waals surface area contributed by atoms with Crippen LogP contribution in [0.5, 0.6) is 0 Å². The molecular formula is C13H5ClF7N3O. The van der Waals surface area contributed by atoms with E-state index in [1.165, 1.54) is 18.2 Å². The van der Waals surface area contributed by atoms with Crippen molar-refractivity contribution >= 4 is 28.2 Å². The molecule has 0 unspecified atom stereocenters. The van der Waals surface area contributed by atoms with E-state index >= 15 is 0 Å². The number of benzene rings is 1. The van der Waals surface area contributed by atoms with Gasteiger partial charge in [0.25, 0.3) is 5.56 Å². The van der Waals surface area contributed by atoms with Gasteiger partial charge in [-0.15, -0.1) is 0 Å². The van der Waals surface area contributed by atoms with Crippen molar-refractivity contribution in [1.82, 2.24) is 14.6 Å². The fraction of sp³-hybridized carbons (Fsp3) is 0.231. The number of halogens is 8. The number of hydrogen-bond donors (Lipinski definition) is 1. The Morgan fingerprint density at radius 3 is 2.28 bits per heavy atom. The maximum absolute atomic E-state index is 13.7. The van der Waals surface area contributed by atoms with Gasteiger partial charge in [0.05, 0.1) is 10.9 Å². The van der Waals surface area contributed by atoms with Gasteiger partial charge in [-0.3, -0.25) is 9.89 Å². The van der Waals surface area contributed by atoms with Crippen LogP contribution in [0.3, 0.4) is 0 Å². The predicted octanol–water partition coefficient (Wildman–Crippen LogP) is 4.12. The lowest BCUT2D eigenvalue weighted by atomic mass is 10.1. The third kappa shape index (κ3) is 2.44. The van der Waals surface area contributed by atoms with E-state index in [-0.39, 0.29) is 22.0 Å². The predicted molar refractivity (Wildman–Crippen MR) is 73.2 cm³/mol. The fourth-order valence-electron chi connectivity index (χ4n) is 2.17. The average molecular weight is 388 g/mol. The summed E-state index contributed by atoms with van der Waals surface area (Å²) >= 11 is 5.71. The van der Waals surface area contributed by atoms with Crippen molar-refractivity contribution in [3.05, 3.63) is 45.3 Å². The van der Waals surface area contributed by atoms with Crippen molar-refractivity contribution in [2.24, 2.45) is 0 Å². The smallest absolute Gasteiger partial charge is 0.287 e. The van der Waals surface area contributed by atoms with Gasteiger partial charge < -0.3 is 0 Å². The third-order valence-corrected chi connectivity index (χ3v) is 3.69. The Kier molecular flexibility index (Phi) is 3.57. The Balaban J connectivity index is 2.27. The summed E-state index contributed by atoms with van der Waals surface area (Å²) in [5, 5.41) is 1.63. The number of fused-ring (bicyclic) bond motifs is 2. The maximum Gasteiger partial charge on any atom is 0.460 e. The zero-order chi connectivity index (χ0) is 18.8. The largest absolute Gasteiger partial charge is 0.460 e. The van der Waals surface area contributed by atoms with Crippen LogP contribution in [-0.4, -0.2) is 26.7 Å². The highest BCUT2D eigenvalue weighted by molar-refractivity contribution is 6.31. The zero-order valence-corrected chi connectivity index (χ0v) is 12.4. The molecule has 0 bridgehead atoms. The van der Waals surface area contributed by atoms with Gasteiger partial charge in [0.1, 0.15) is 5.69 Å². The Labute approximate surface area is 137 Å². The number of aromatic nitrogens is 3. The van der Waals surface area contributed by atoms with Crippen molar-refractivity contribution in [3.63, 3.8) is 0 Å². The van der Waals surface area contributed by atoms with Crippen LogP contribution in [0.1, 0.15) is 5.69 Å². The van der Waals surface area contributed by atoms with Crippen LogP contribution in [0, 0.1) is 0 Å². The molecule has 12 heteroatoms. The SMILES string of the molecule is O=c1c2ccc(Cl)cc2nc2cc(C(F)(F)C(F)(F)C(F)(F)F)[nH]n12. The minimum absolute atomic E-state index is 0.0334. The summed E-state index contributed by atoms with van der Waals surface area (Å²) in [6.45, 7) is 0. The maximum atomic E-state index is 13.7. The zero-order valence-electron chi connectivity index (χ0n) is 11.6. The molecule has 0 aliphatic rings. The number of nitrogens with zero attached hydrogens (tertiary/aromatic N) is 2. The highest BCUT2D eigenvalue weighted by Gasteiger charge is 2.74. The van der Waals surface area contributed by atoms with Crippen molar-refractivity contribution in [2.75, 3.05) is 0 Å². The summed E-state index contributed by atoms with van der Waals surface area (Å²) < 4.78 is 91.0. The fourth-order valence-corrected chi connectivity index (χ4v) is 2.34. The third-order valence-electron chi connectivity index (χ3n) is 3.45. The van der Waals surface area contributed by atoms with Crippen LogP contribution in [0.2, 0.25) is 5.02 Å². The molecule has 0 aliphatic carbocycles. The molecule has 0 aliphatic heterocycles. The molecule has 0 radical (unpaired) electrons. The van der Waals surface area contributed by atoms with Gasteiger partial charge in [0.15, 0.2) is 5.65 Å². The van der Waals surface area contributed by atoms with E-state index in [1.54, 1.807) is 5.10 Å². The van der Waals surface area contributed by atoms with E-state index in [0.717, 1.165) is 0 Å². The normalized spacial score (nSPS) is 13.8. The van der Waals surface area contributed by atoms with Crippen LogP contribution >= 0.6 is 11.6 Å². The van der Waals surface area contributed by atoms with Crippen LogP contribution < -0.4 is 5.56 Å². The summed E-state index contributed by atoms with van der Waals surface area (Å²) in [5.41, 5.74) is -3.36. The molecule has 2 aromatic heterocycles. The lowest BCUT2D eigenvalue weighted by Crippen LogP contribution is -2.50. The van der Waals surface area contributed by atoms with E-state index in [1.807, 2.05) is 0 Å². The van der Waals surface area contributed by atoms with Gasteiger partial charge in [-0.2, -0.15) is 30.7 Å². The van der Waals surface area contributed by atoms with Crippen molar-refractivity contribution in [2.45, 2.75) is 18.0 Å². The minimum atomic E-state index is -6.50. The number of aromatic amines is 1. The van der Waals surface area contributed by atoms with Crippen molar-refractivity contribution < 1.29 is 30.7 Å². The minimum Gasteiger partial charge on any atom is -0.287 e. The number of rotatable bonds is 2. The molecule has 134 valence electrons. The quantitative estimate of drug-likeness (QED) is 0.673. The first-order valence-electron chi connectivity index (χ1n) is 6.40. The van der Waals surface area contributed by atoms with Gasteiger partial charge in [-0.1, -0.05) is 11.6 Å². The number of hydrogen-bond acceptors (Lipinski definition) is 2. The van der Waals surface area contributed by atoms with Crippen molar-refractivity contribution in [3.8, 4) is 0 Å². The monoisotopic (exact) mass is 387 g/mol. The number of nitrogens with one attached hydrogen (secondary N) is 1. The first-order valence-corrected chi connectivity index (χ1v) is 6.78. The van der Waals surface area contributed by atoms with E-state index in [2.05, 4.69) is 4.98 Å². The molecule has 3 rings (SSSR count). The van der Waals surface area contributed by atoms with Gasteiger partial charge in [-0.25, -0.2) is 9.50 Å². The van der Waals surface area contributed by atoms with Gasteiger partial charge in [-0.05, 0) is 18.2 Å². The lowest BCUT2D eigenvalue weighted by molar-refractivity contribution is -0.360. The highest BCUT2D eigenvalue weighted by Crippen LogP contribution is 2.51. The molecule has 1 N–H and O–H groups in total. The Morgan fingerprint density at radius 2 is 1.68 bits per heavy atom. The second-order valence-corrected chi connectivity index (χ2v) is 5.52. The molecule has 25 heavy (non-hydrogen) atoms. The van der Waals surface area contributed by atoms with Gasteiger partial charge >= 0.3 is 18.0 Å². The Morgan fingerprint density at radius 1 is 1.04 bits per heavy atom. The Hall–Kier alpha value is -2.30. The molecule has 0 saturated heterocycles. The second kappa shape index (κ2) is 5.10. The van der Waals surface area contributed by atoms with Crippen molar-refractivity contribution in [1.29, 1.82) is 0 Å². The number of alkyl halides is 7. The lowest BCUT2D eigenvalue weighted by Gasteiger charge is -2.27. The van der Waals surface area contributed by atoms with Crippen LogP contribution in [0.25, 0.3) is 16.6 Å². The van der Waals surface area contributed by atoms with Crippen LogP contribution in [0.4, 0.5) is 30.7 Å². The summed E-state index contributed by atoms with van der Waals surface area (Å²) in [5.74, 6) is -12.0. The molecule has 2 heterocycles. The molecule has 0 fully saturated rings.